The van der Waals surface area contributed by atoms with E-state index in [-0.39, 0.29) is 0 Å². The number of carboxylic acids is 1. The van der Waals surface area contributed by atoms with Crippen molar-refractivity contribution in [3.8, 4) is 17.0 Å². The summed E-state index contributed by atoms with van der Waals surface area (Å²) in [6.45, 7) is 0. The quantitative estimate of drug-likeness (QED) is 0.849. The molecule has 0 amide bonds. The van der Waals surface area contributed by atoms with E-state index in [1.807, 2.05) is 24.3 Å². The summed E-state index contributed by atoms with van der Waals surface area (Å²) < 4.78 is 5.08. The summed E-state index contributed by atoms with van der Waals surface area (Å²) in [6, 6.07) is 9.20. The van der Waals surface area contributed by atoms with Gasteiger partial charge in [-0.25, -0.2) is 14.8 Å². The predicted octanol–water partition coefficient (Wildman–Crippen LogP) is 2.25. The van der Waals surface area contributed by atoms with Crippen molar-refractivity contribution in [1.29, 1.82) is 0 Å². The van der Waals surface area contributed by atoms with E-state index in [9.17, 15) is 4.79 Å². The minimum Gasteiger partial charge on any atom is -0.497 e. The van der Waals surface area contributed by atoms with Gasteiger partial charge < -0.3 is 9.84 Å². The summed E-state index contributed by atoms with van der Waals surface area (Å²) in [7, 11) is 1.61. The molecule has 96 valence electrons. The van der Waals surface area contributed by atoms with Gasteiger partial charge in [-0.1, -0.05) is 0 Å². The van der Waals surface area contributed by atoms with Crippen molar-refractivity contribution in [2.45, 2.75) is 0 Å². The Kier molecular flexibility index (Phi) is 3.87. The molecule has 0 radical (unpaired) electrons. The Labute approximate surface area is 110 Å². The molecule has 0 atom stereocenters. The second-order valence-electron chi connectivity index (χ2n) is 3.70. The fraction of sp³-hybridized carbons (Fsp3) is 0.0714. The number of aromatic nitrogens is 2. The number of carbonyl (C=O) groups is 1. The summed E-state index contributed by atoms with van der Waals surface area (Å²) in [5.74, 6) is 0.0953. The van der Waals surface area contributed by atoms with Gasteiger partial charge in [0.05, 0.1) is 12.8 Å². The zero-order valence-electron chi connectivity index (χ0n) is 10.3. The molecule has 1 heterocycles. The van der Waals surface area contributed by atoms with Crippen LogP contribution in [0.4, 0.5) is 0 Å². The van der Waals surface area contributed by atoms with Gasteiger partial charge in [-0.05, 0) is 36.4 Å². The van der Waals surface area contributed by atoms with E-state index in [1.165, 1.54) is 6.08 Å². The molecule has 0 aliphatic carbocycles. The number of hydrogen-bond donors (Lipinski definition) is 1. The Bertz CT molecular complexity index is 606. The molecule has 0 aliphatic rings. The van der Waals surface area contributed by atoms with Crippen LogP contribution in [0, 0.1) is 0 Å². The molecular weight excluding hydrogens is 244 g/mol. The van der Waals surface area contributed by atoms with Crippen LogP contribution in [-0.4, -0.2) is 28.2 Å². The Hall–Kier alpha value is -2.69. The normalized spacial score (nSPS) is 10.6. The minimum absolute atomic E-state index is 0.357. The van der Waals surface area contributed by atoms with E-state index < -0.39 is 5.97 Å². The van der Waals surface area contributed by atoms with Crippen LogP contribution >= 0.6 is 0 Å². The monoisotopic (exact) mass is 256 g/mol. The van der Waals surface area contributed by atoms with Crippen LogP contribution in [0.25, 0.3) is 17.3 Å². The van der Waals surface area contributed by atoms with Gasteiger partial charge in [-0.15, -0.1) is 0 Å². The highest BCUT2D eigenvalue weighted by atomic mass is 16.5. The fourth-order valence-electron chi connectivity index (χ4n) is 1.52. The van der Waals surface area contributed by atoms with E-state index in [2.05, 4.69) is 9.97 Å². The van der Waals surface area contributed by atoms with E-state index in [0.29, 0.717) is 5.82 Å². The van der Waals surface area contributed by atoms with E-state index >= 15 is 0 Å². The molecule has 19 heavy (non-hydrogen) atoms. The van der Waals surface area contributed by atoms with Crippen molar-refractivity contribution < 1.29 is 14.6 Å². The Balaban J connectivity index is 2.29. The molecule has 5 heteroatoms. The third-order valence-corrected chi connectivity index (χ3v) is 2.43. The number of carboxylic acid groups (broad SMARTS) is 1. The summed E-state index contributed by atoms with van der Waals surface area (Å²) >= 11 is 0. The maximum Gasteiger partial charge on any atom is 0.328 e. The van der Waals surface area contributed by atoms with E-state index in [0.717, 1.165) is 23.1 Å². The smallest absolute Gasteiger partial charge is 0.328 e. The molecule has 1 aromatic heterocycles. The van der Waals surface area contributed by atoms with Crippen molar-refractivity contribution in [3.63, 3.8) is 0 Å². The third kappa shape index (κ3) is 3.38. The number of rotatable bonds is 4. The van der Waals surface area contributed by atoms with Gasteiger partial charge in [-0.3, -0.25) is 0 Å². The molecule has 0 unspecified atom stereocenters. The molecule has 0 saturated carbocycles. The Morgan fingerprint density at radius 2 is 2.00 bits per heavy atom. The first-order valence-electron chi connectivity index (χ1n) is 5.57. The lowest BCUT2D eigenvalue weighted by atomic mass is 10.1. The summed E-state index contributed by atoms with van der Waals surface area (Å²) in [4.78, 5) is 18.7. The fourth-order valence-corrected chi connectivity index (χ4v) is 1.52. The molecule has 0 saturated heterocycles. The molecule has 2 rings (SSSR count). The van der Waals surface area contributed by atoms with Crippen LogP contribution in [0.2, 0.25) is 0 Å². The standard InChI is InChI=1S/C14H12N2O3/c1-19-11-4-2-10(3-5-11)12-8-9-15-13(16-12)6-7-14(17)18/h2-9H,1H3,(H,17,18)/b7-6+. The first kappa shape index (κ1) is 12.8. The van der Waals surface area contributed by atoms with Crippen molar-refractivity contribution >= 4 is 12.0 Å². The van der Waals surface area contributed by atoms with Crippen LogP contribution in [0.1, 0.15) is 5.82 Å². The lowest BCUT2D eigenvalue weighted by molar-refractivity contribution is -0.131. The van der Waals surface area contributed by atoms with Crippen LogP contribution < -0.4 is 4.74 Å². The van der Waals surface area contributed by atoms with Gasteiger partial charge >= 0.3 is 5.97 Å². The molecule has 1 N–H and O–H groups in total. The van der Waals surface area contributed by atoms with Gasteiger partial charge in [0.2, 0.25) is 0 Å². The van der Waals surface area contributed by atoms with Gasteiger partial charge in [0.25, 0.3) is 0 Å². The van der Waals surface area contributed by atoms with Gasteiger partial charge in [0.15, 0.2) is 5.82 Å². The number of aliphatic carboxylic acids is 1. The minimum atomic E-state index is -1.03. The molecule has 0 fully saturated rings. The number of methoxy groups -OCH3 is 1. The van der Waals surface area contributed by atoms with Gasteiger partial charge in [0.1, 0.15) is 5.75 Å². The molecular formula is C14H12N2O3. The van der Waals surface area contributed by atoms with Crippen LogP contribution in [-0.2, 0) is 4.79 Å². The highest BCUT2D eigenvalue weighted by Crippen LogP contribution is 2.20. The highest BCUT2D eigenvalue weighted by Gasteiger charge is 2.01. The number of ether oxygens (including phenoxy) is 1. The zero-order chi connectivity index (χ0) is 13.7. The Morgan fingerprint density at radius 3 is 2.63 bits per heavy atom. The van der Waals surface area contributed by atoms with Crippen molar-refractivity contribution in [3.05, 3.63) is 48.4 Å². The zero-order valence-corrected chi connectivity index (χ0v) is 10.3. The van der Waals surface area contributed by atoms with Gasteiger partial charge in [-0.2, -0.15) is 0 Å². The number of benzene rings is 1. The molecule has 1 aromatic carbocycles. The number of nitrogens with zero attached hydrogens (tertiary/aromatic N) is 2. The largest absolute Gasteiger partial charge is 0.497 e. The number of hydrogen-bond acceptors (Lipinski definition) is 4. The first-order valence-corrected chi connectivity index (χ1v) is 5.57. The first-order chi connectivity index (χ1) is 9.19. The summed E-state index contributed by atoms with van der Waals surface area (Å²) in [5, 5.41) is 8.56. The molecule has 0 spiro atoms. The molecule has 0 aliphatic heterocycles. The van der Waals surface area contributed by atoms with Gasteiger partial charge in [0, 0.05) is 17.8 Å². The second kappa shape index (κ2) is 5.77. The topological polar surface area (TPSA) is 72.3 Å². The molecule has 0 bridgehead atoms. The SMILES string of the molecule is COc1ccc(-c2ccnc(/C=C/C(=O)O)n2)cc1. The maximum atomic E-state index is 10.4. The van der Waals surface area contributed by atoms with Crippen molar-refractivity contribution in [2.75, 3.05) is 7.11 Å². The third-order valence-electron chi connectivity index (χ3n) is 2.43. The van der Waals surface area contributed by atoms with Crippen LogP contribution in [0.3, 0.4) is 0 Å². The van der Waals surface area contributed by atoms with Crippen molar-refractivity contribution in [2.24, 2.45) is 0 Å². The van der Waals surface area contributed by atoms with Crippen molar-refractivity contribution in [1.82, 2.24) is 9.97 Å². The maximum absolute atomic E-state index is 10.4. The highest BCUT2D eigenvalue weighted by molar-refractivity contribution is 5.84. The average Bonchev–Trinajstić information content (AvgIpc) is 2.45. The average molecular weight is 256 g/mol. The van der Waals surface area contributed by atoms with Crippen LogP contribution in [0.5, 0.6) is 5.75 Å². The summed E-state index contributed by atoms with van der Waals surface area (Å²) in [5.41, 5.74) is 1.64. The molecule has 5 nitrogen and oxygen atoms in total. The lowest BCUT2D eigenvalue weighted by Crippen LogP contribution is -1.92. The van der Waals surface area contributed by atoms with E-state index in [4.69, 9.17) is 9.84 Å². The lowest BCUT2D eigenvalue weighted by Gasteiger charge is -2.03. The summed E-state index contributed by atoms with van der Waals surface area (Å²) in [6.07, 6.45) is 3.95. The Morgan fingerprint density at radius 1 is 1.26 bits per heavy atom. The predicted molar refractivity (Wildman–Crippen MR) is 70.7 cm³/mol. The second-order valence-corrected chi connectivity index (χ2v) is 3.70. The van der Waals surface area contributed by atoms with E-state index in [1.54, 1.807) is 19.4 Å². The van der Waals surface area contributed by atoms with Crippen LogP contribution in [0.15, 0.2) is 42.6 Å². The molecule has 2 aromatic rings.